The second-order valence-corrected chi connectivity index (χ2v) is 6.45. The number of hydrogen-bond acceptors (Lipinski definition) is 5. The Morgan fingerprint density at radius 1 is 1.59 bits per heavy atom. The highest BCUT2D eigenvalue weighted by Gasteiger charge is 2.33. The molecule has 0 bridgehead atoms. The Labute approximate surface area is 154 Å². The number of amides is 3. The Balaban J connectivity index is 1.77. The number of hydrogen-bond donors (Lipinski definition) is 3. The van der Waals surface area contributed by atoms with Gasteiger partial charge in [0.25, 0.3) is 5.91 Å². The summed E-state index contributed by atoms with van der Waals surface area (Å²) in [5.74, 6) is -0.658. The number of carbonyl (C=O) groups is 2. The third kappa shape index (κ3) is 3.62. The molecule has 2 aromatic rings. The van der Waals surface area contributed by atoms with Crippen molar-refractivity contribution in [1.82, 2.24) is 19.8 Å². The fourth-order valence-electron chi connectivity index (χ4n) is 3.19. The van der Waals surface area contributed by atoms with Crippen molar-refractivity contribution in [2.75, 3.05) is 32.0 Å². The van der Waals surface area contributed by atoms with Crippen LogP contribution in [0.5, 0.6) is 0 Å². The first-order chi connectivity index (χ1) is 12.9. The molecule has 3 rings (SSSR count). The molecule has 27 heavy (non-hydrogen) atoms. The third-order valence-electron chi connectivity index (χ3n) is 4.63. The van der Waals surface area contributed by atoms with Gasteiger partial charge in [-0.1, -0.05) is 0 Å². The zero-order chi connectivity index (χ0) is 19.6. The van der Waals surface area contributed by atoms with Gasteiger partial charge in [-0.15, -0.1) is 0 Å². The largest absolute Gasteiger partial charge is 0.378 e. The minimum absolute atomic E-state index is 0.0571. The van der Waals surface area contributed by atoms with Crippen LogP contribution in [0.15, 0.2) is 18.5 Å². The first-order valence-corrected chi connectivity index (χ1v) is 8.46. The van der Waals surface area contributed by atoms with Gasteiger partial charge in [-0.2, -0.15) is 5.26 Å². The lowest BCUT2D eigenvalue weighted by Gasteiger charge is -2.37. The molecule has 0 aromatic carbocycles. The standard InChI is InChI=1S/C17H20FN7O2/c1-24(7-4-19)17(27)25-6-3-13(12(18)9-25)23-14-10-2-5-21-16(10)22-8-11(14)15(20)26/h2,5,8,12-13H,3,6-7,9H2,1H3,(H2,20,26)(H2,21,22,23). The summed E-state index contributed by atoms with van der Waals surface area (Å²) >= 11 is 0. The van der Waals surface area contributed by atoms with Crippen LogP contribution in [0.1, 0.15) is 16.8 Å². The quantitative estimate of drug-likeness (QED) is 0.690. The lowest BCUT2D eigenvalue weighted by molar-refractivity contribution is 0.100. The topological polar surface area (TPSA) is 131 Å². The van der Waals surface area contributed by atoms with Gasteiger partial charge in [0.05, 0.1) is 29.9 Å². The number of likely N-dealkylation sites (tertiary alicyclic amines) is 1. The number of halogens is 1. The number of nitriles is 1. The van der Waals surface area contributed by atoms with E-state index in [0.717, 1.165) is 0 Å². The molecule has 10 heteroatoms. The number of carbonyl (C=O) groups excluding carboxylic acids is 2. The van der Waals surface area contributed by atoms with Crippen LogP contribution in [0, 0.1) is 11.3 Å². The summed E-state index contributed by atoms with van der Waals surface area (Å²) in [5.41, 5.74) is 6.60. The first-order valence-electron chi connectivity index (χ1n) is 8.46. The van der Waals surface area contributed by atoms with E-state index in [1.807, 2.05) is 6.07 Å². The van der Waals surface area contributed by atoms with E-state index in [0.29, 0.717) is 29.7 Å². The van der Waals surface area contributed by atoms with E-state index in [9.17, 15) is 14.0 Å². The van der Waals surface area contributed by atoms with E-state index in [-0.39, 0.29) is 24.7 Å². The Morgan fingerprint density at radius 3 is 3.04 bits per heavy atom. The summed E-state index contributed by atoms with van der Waals surface area (Å²) in [4.78, 5) is 33.7. The molecule has 0 spiro atoms. The van der Waals surface area contributed by atoms with Crippen LogP contribution >= 0.6 is 0 Å². The molecule has 3 amide bonds. The van der Waals surface area contributed by atoms with Crippen LogP contribution in [-0.2, 0) is 0 Å². The Hall–Kier alpha value is -3.35. The van der Waals surface area contributed by atoms with Crippen molar-refractivity contribution in [3.63, 3.8) is 0 Å². The molecule has 9 nitrogen and oxygen atoms in total. The van der Waals surface area contributed by atoms with Crippen molar-refractivity contribution in [2.24, 2.45) is 5.73 Å². The number of aromatic amines is 1. The van der Waals surface area contributed by atoms with Crippen LogP contribution in [-0.4, -0.2) is 70.6 Å². The predicted octanol–water partition coefficient (Wildman–Crippen LogP) is 1.06. The second kappa shape index (κ2) is 7.49. The molecule has 0 aliphatic carbocycles. The van der Waals surface area contributed by atoms with Gasteiger partial charge in [-0.3, -0.25) is 4.79 Å². The molecule has 3 heterocycles. The molecular weight excluding hydrogens is 353 g/mol. The zero-order valence-electron chi connectivity index (χ0n) is 14.8. The number of anilines is 1. The number of urea groups is 1. The molecule has 4 N–H and O–H groups in total. The van der Waals surface area contributed by atoms with Crippen molar-refractivity contribution in [2.45, 2.75) is 18.6 Å². The minimum Gasteiger partial charge on any atom is -0.378 e. The van der Waals surface area contributed by atoms with Gasteiger partial charge in [0.2, 0.25) is 0 Å². The molecule has 142 valence electrons. The number of fused-ring (bicyclic) bond motifs is 1. The average molecular weight is 373 g/mol. The Kier molecular flexibility index (Phi) is 5.12. The van der Waals surface area contributed by atoms with Gasteiger partial charge >= 0.3 is 6.03 Å². The molecule has 0 radical (unpaired) electrons. The van der Waals surface area contributed by atoms with E-state index in [2.05, 4.69) is 15.3 Å². The number of aromatic nitrogens is 2. The average Bonchev–Trinajstić information content (AvgIpc) is 3.12. The number of nitrogens with two attached hydrogens (primary N) is 1. The number of nitrogens with zero attached hydrogens (tertiary/aromatic N) is 4. The van der Waals surface area contributed by atoms with Crippen LogP contribution in [0.2, 0.25) is 0 Å². The Morgan fingerprint density at radius 2 is 2.37 bits per heavy atom. The lowest BCUT2D eigenvalue weighted by atomic mass is 10.0. The van der Waals surface area contributed by atoms with Gasteiger partial charge in [0.1, 0.15) is 18.4 Å². The van der Waals surface area contributed by atoms with Gasteiger partial charge < -0.3 is 25.8 Å². The molecule has 1 fully saturated rings. The fourth-order valence-corrected chi connectivity index (χ4v) is 3.19. The van der Waals surface area contributed by atoms with Gasteiger partial charge in [0.15, 0.2) is 0 Å². The number of alkyl halides is 1. The van der Waals surface area contributed by atoms with E-state index in [1.165, 1.54) is 23.0 Å². The number of nitrogens with one attached hydrogen (secondary N) is 2. The van der Waals surface area contributed by atoms with E-state index in [4.69, 9.17) is 11.0 Å². The first kappa shape index (κ1) is 18.4. The fraction of sp³-hybridized carbons (Fsp3) is 0.412. The SMILES string of the molecule is CN(CC#N)C(=O)N1CCC(Nc2c(C(N)=O)cnc3[nH]ccc23)C(F)C1. The van der Waals surface area contributed by atoms with Crippen LogP contribution < -0.4 is 11.1 Å². The van der Waals surface area contributed by atoms with Gasteiger partial charge in [0, 0.05) is 31.4 Å². The van der Waals surface area contributed by atoms with Crippen molar-refractivity contribution < 1.29 is 14.0 Å². The minimum atomic E-state index is -1.35. The maximum Gasteiger partial charge on any atom is 0.320 e. The number of piperidine rings is 1. The summed E-state index contributed by atoms with van der Waals surface area (Å²) in [6, 6.07) is 2.66. The number of primary amides is 1. The molecule has 2 unspecified atom stereocenters. The second-order valence-electron chi connectivity index (χ2n) is 6.45. The predicted molar refractivity (Wildman–Crippen MR) is 96.7 cm³/mol. The monoisotopic (exact) mass is 373 g/mol. The van der Waals surface area contributed by atoms with Crippen LogP contribution in [0.25, 0.3) is 11.0 Å². The normalized spacial score (nSPS) is 19.5. The summed E-state index contributed by atoms with van der Waals surface area (Å²) in [6.07, 6.45) is 2.03. The van der Waals surface area contributed by atoms with Gasteiger partial charge in [-0.05, 0) is 12.5 Å². The van der Waals surface area contributed by atoms with Crippen molar-refractivity contribution in [1.29, 1.82) is 5.26 Å². The van der Waals surface area contributed by atoms with E-state index >= 15 is 0 Å². The maximum atomic E-state index is 14.8. The summed E-state index contributed by atoms with van der Waals surface area (Å²) in [7, 11) is 1.50. The molecule has 1 aliphatic rings. The molecule has 1 saturated heterocycles. The highest BCUT2D eigenvalue weighted by atomic mass is 19.1. The number of pyridine rings is 1. The van der Waals surface area contributed by atoms with Crippen molar-refractivity contribution in [3.8, 4) is 6.07 Å². The lowest BCUT2D eigenvalue weighted by Crippen LogP contribution is -2.53. The van der Waals surface area contributed by atoms with Crippen LogP contribution in [0.3, 0.4) is 0 Å². The van der Waals surface area contributed by atoms with E-state index < -0.39 is 18.1 Å². The van der Waals surface area contributed by atoms with Crippen LogP contribution in [0.4, 0.5) is 14.9 Å². The molecule has 2 aromatic heterocycles. The molecule has 2 atom stereocenters. The van der Waals surface area contributed by atoms with E-state index in [1.54, 1.807) is 12.3 Å². The number of H-pyrrole nitrogens is 1. The summed E-state index contributed by atoms with van der Waals surface area (Å²) in [5, 5.41) is 12.4. The molecule has 0 saturated carbocycles. The highest BCUT2D eigenvalue weighted by Crippen LogP contribution is 2.28. The summed E-state index contributed by atoms with van der Waals surface area (Å²) in [6.45, 7) is 0.178. The molecular formula is C17H20FN7O2. The number of rotatable bonds is 4. The summed E-state index contributed by atoms with van der Waals surface area (Å²) < 4.78 is 14.8. The smallest absolute Gasteiger partial charge is 0.320 e. The van der Waals surface area contributed by atoms with Gasteiger partial charge in [-0.25, -0.2) is 14.2 Å². The zero-order valence-corrected chi connectivity index (χ0v) is 14.8. The molecule has 1 aliphatic heterocycles. The third-order valence-corrected chi connectivity index (χ3v) is 4.63. The highest BCUT2D eigenvalue weighted by molar-refractivity contribution is 6.06. The van der Waals surface area contributed by atoms with Crippen molar-refractivity contribution >= 4 is 28.7 Å². The Bertz CT molecular complexity index is 906. The maximum absolute atomic E-state index is 14.8. The van der Waals surface area contributed by atoms with Crippen molar-refractivity contribution in [3.05, 3.63) is 24.0 Å².